The molecule has 49 heavy (non-hydrogen) atoms. The normalized spacial score (nSPS) is 17.4. The van der Waals surface area contributed by atoms with E-state index in [0.29, 0.717) is 0 Å². The number of aromatic amines is 1. The molecule has 0 amide bonds. The topological polar surface area (TPSA) is 75.0 Å². The van der Waals surface area contributed by atoms with Gasteiger partial charge in [-0.3, -0.25) is 10.6 Å². The monoisotopic (exact) mass is 634 g/mol. The number of fused-ring (bicyclic) bond motifs is 7. The zero-order valence-corrected chi connectivity index (χ0v) is 27.4. The number of allylic oxidation sites excluding steroid dienone is 2. The highest BCUT2D eigenvalue weighted by Crippen LogP contribution is 2.35. The fourth-order valence-corrected chi connectivity index (χ4v) is 7.83. The van der Waals surface area contributed by atoms with Gasteiger partial charge in [0.25, 0.3) is 0 Å². The average molecular weight is 635 g/mol. The molecule has 0 bridgehead atoms. The molecule has 7 aromatic carbocycles. The summed E-state index contributed by atoms with van der Waals surface area (Å²) in [6, 6.07) is 48.4. The van der Waals surface area contributed by atoms with Gasteiger partial charge in [-0.25, -0.2) is 0 Å². The summed E-state index contributed by atoms with van der Waals surface area (Å²) in [6.45, 7) is 2.23. The van der Waals surface area contributed by atoms with Crippen LogP contribution in [-0.4, -0.2) is 11.1 Å². The minimum Gasteiger partial charge on any atom is -0.398 e. The van der Waals surface area contributed by atoms with Gasteiger partial charge in [0, 0.05) is 45.6 Å². The number of benzene rings is 7. The van der Waals surface area contributed by atoms with E-state index in [2.05, 4.69) is 174 Å². The Labute approximate surface area is 285 Å². The van der Waals surface area contributed by atoms with Crippen LogP contribution in [0.25, 0.3) is 65.4 Å². The van der Waals surface area contributed by atoms with E-state index in [0.717, 1.165) is 22.2 Å². The lowest BCUT2D eigenvalue weighted by Crippen LogP contribution is -3.13. The first-order valence-electron chi connectivity index (χ1n) is 17.1. The highest BCUT2D eigenvalue weighted by atomic mass is 15.2. The first-order chi connectivity index (χ1) is 24.1. The third kappa shape index (κ3) is 5.10. The van der Waals surface area contributed by atoms with E-state index < -0.39 is 0 Å². The van der Waals surface area contributed by atoms with Gasteiger partial charge in [0.05, 0.1) is 5.52 Å². The van der Waals surface area contributed by atoms with Crippen LogP contribution in [0.1, 0.15) is 29.7 Å². The Kier molecular flexibility index (Phi) is 7.12. The molecule has 0 fully saturated rings. The van der Waals surface area contributed by atoms with Crippen LogP contribution >= 0.6 is 0 Å². The van der Waals surface area contributed by atoms with Crippen LogP contribution in [0.15, 0.2) is 163 Å². The second kappa shape index (κ2) is 11.9. The molecule has 236 valence electrons. The summed E-state index contributed by atoms with van der Waals surface area (Å²) in [7, 11) is 0. The smallest absolute Gasteiger partial charge is 0.238 e. The zero-order chi connectivity index (χ0) is 32.9. The van der Waals surface area contributed by atoms with Gasteiger partial charge in [-0.05, 0) is 80.4 Å². The molecule has 2 unspecified atom stereocenters. The lowest BCUT2D eigenvalue weighted by Gasteiger charge is -2.27. The second-order valence-corrected chi connectivity index (χ2v) is 13.2. The van der Waals surface area contributed by atoms with Crippen molar-refractivity contribution in [1.82, 2.24) is 4.98 Å². The van der Waals surface area contributed by atoms with Crippen molar-refractivity contribution in [3.8, 4) is 0 Å². The van der Waals surface area contributed by atoms with Crippen molar-refractivity contribution >= 4 is 65.4 Å². The minimum absolute atomic E-state index is 0.0992. The number of H-pyrrole nitrogens is 1. The summed E-state index contributed by atoms with van der Waals surface area (Å²) in [5.41, 5.74) is 14.7. The first kappa shape index (κ1) is 29.2. The van der Waals surface area contributed by atoms with Crippen LogP contribution < -0.4 is 16.4 Å². The molecule has 4 nitrogen and oxygen atoms in total. The number of hydrogen-bond acceptors (Lipinski definition) is 1. The van der Waals surface area contributed by atoms with E-state index in [9.17, 15) is 0 Å². The first-order valence-corrected chi connectivity index (χ1v) is 17.1. The molecule has 4 heteroatoms. The van der Waals surface area contributed by atoms with Crippen LogP contribution in [-0.2, 0) is 0 Å². The van der Waals surface area contributed by atoms with E-state index in [-0.39, 0.29) is 12.2 Å². The van der Waals surface area contributed by atoms with Gasteiger partial charge < -0.3 is 10.7 Å². The molecule has 8 aromatic rings. The van der Waals surface area contributed by atoms with Crippen LogP contribution in [0.4, 0.5) is 0 Å². The van der Waals surface area contributed by atoms with Crippen molar-refractivity contribution in [3.63, 3.8) is 0 Å². The molecular formula is C45H38N4+2. The van der Waals surface area contributed by atoms with E-state index in [4.69, 9.17) is 5.73 Å². The summed E-state index contributed by atoms with van der Waals surface area (Å²) in [4.78, 5) is 3.36. The highest BCUT2D eigenvalue weighted by Gasteiger charge is 2.33. The Balaban J connectivity index is 1.21. The number of nitrogens with one attached hydrogen (secondary N) is 1. The fraction of sp³-hybridized carbons (Fsp3) is 0.0667. The van der Waals surface area contributed by atoms with Crippen LogP contribution in [0, 0.1) is 0 Å². The molecule has 0 aliphatic carbocycles. The largest absolute Gasteiger partial charge is 0.398 e. The number of nitrogens with two attached hydrogens (primary N) is 3. The number of para-hydroxylation sites is 1. The summed E-state index contributed by atoms with van der Waals surface area (Å²) in [6.07, 6.45) is 8.82. The SMILES string of the molecule is C/C(=C\C=C(/N)c1cccc2cc[nH]c12)C1[NH2+]C(c2cc3ccccc3c3ccccc23)=CC(c2cc3ccccc3c3ccccc23)[NH2+]1. The maximum absolute atomic E-state index is 6.73. The molecular weight excluding hydrogens is 597 g/mol. The predicted octanol–water partition coefficient (Wildman–Crippen LogP) is 8.28. The minimum atomic E-state index is 0.0992. The number of hydrogen-bond donors (Lipinski definition) is 4. The molecule has 7 N–H and O–H groups in total. The Bertz CT molecular complexity index is 2660. The number of aromatic nitrogens is 1. The maximum atomic E-state index is 6.73. The predicted molar refractivity (Wildman–Crippen MR) is 205 cm³/mol. The van der Waals surface area contributed by atoms with E-state index >= 15 is 0 Å². The lowest BCUT2D eigenvalue weighted by molar-refractivity contribution is -0.882. The van der Waals surface area contributed by atoms with Gasteiger partial charge in [0.1, 0.15) is 11.7 Å². The van der Waals surface area contributed by atoms with Gasteiger partial charge in [-0.1, -0.05) is 115 Å². The molecule has 2 atom stereocenters. The van der Waals surface area contributed by atoms with E-state index in [1.54, 1.807) is 0 Å². The quantitative estimate of drug-likeness (QED) is 0.112. The summed E-state index contributed by atoms with van der Waals surface area (Å²) in [5, 5.41) is 16.4. The van der Waals surface area contributed by atoms with Gasteiger partial charge in [0.15, 0.2) is 0 Å². The van der Waals surface area contributed by atoms with Crippen molar-refractivity contribution < 1.29 is 10.6 Å². The molecule has 2 heterocycles. The zero-order valence-electron chi connectivity index (χ0n) is 27.4. The van der Waals surface area contributed by atoms with Crippen LogP contribution in [0.3, 0.4) is 0 Å². The third-order valence-electron chi connectivity index (χ3n) is 10.3. The van der Waals surface area contributed by atoms with Crippen molar-refractivity contribution in [1.29, 1.82) is 0 Å². The van der Waals surface area contributed by atoms with Crippen LogP contribution in [0.5, 0.6) is 0 Å². The van der Waals surface area contributed by atoms with Gasteiger partial charge >= 0.3 is 0 Å². The standard InChI is InChI=1S/C45H36N4/c1-28(21-22-41(46)38-20-10-13-29-23-24-47-44(29)38)45-48-42(39-25-30-11-2-4-14-32(30)34-16-6-8-18-36(34)39)27-43(49-45)40-26-31-12-3-5-15-33(31)35-17-7-9-19-37(35)40/h2-27,42,45,47-49H,46H2,1H3/p+2/b28-21+,41-22-. The Hall–Kier alpha value is -5.94. The Morgan fingerprint density at radius 3 is 2.00 bits per heavy atom. The molecule has 9 rings (SSSR count). The summed E-state index contributed by atoms with van der Waals surface area (Å²) >= 11 is 0. The molecule has 1 aliphatic rings. The van der Waals surface area contributed by atoms with Crippen molar-refractivity contribution in [3.05, 3.63) is 180 Å². The Morgan fingerprint density at radius 2 is 1.24 bits per heavy atom. The van der Waals surface area contributed by atoms with Crippen LogP contribution in [0.2, 0.25) is 0 Å². The van der Waals surface area contributed by atoms with Gasteiger partial charge in [0.2, 0.25) is 6.17 Å². The Morgan fingerprint density at radius 1 is 0.633 bits per heavy atom. The lowest BCUT2D eigenvalue weighted by atomic mass is 9.89. The molecule has 1 aliphatic heterocycles. The average Bonchev–Trinajstić information content (AvgIpc) is 3.65. The van der Waals surface area contributed by atoms with Crippen molar-refractivity contribution in [2.45, 2.75) is 19.1 Å². The van der Waals surface area contributed by atoms with E-state index in [1.807, 2.05) is 6.20 Å². The summed E-state index contributed by atoms with van der Waals surface area (Å²) in [5.74, 6) is 0. The fourth-order valence-electron chi connectivity index (χ4n) is 7.83. The summed E-state index contributed by atoms with van der Waals surface area (Å²) < 4.78 is 0. The molecule has 1 aromatic heterocycles. The maximum Gasteiger partial charge on any atom is 0.238 e. The number of rotatable bonds is 5. The molecule has 0 saturated heterocycles. The second-order valence-electron chi connectivity index (χ2n) is 13.2. The van der Waals surface area contributed by atoms with E-state index in [1.165, 1.54) is 65.5 Å². The van der Waals surface area contributed by atoms with Gasteiger partial charge in [-0.15, -0.1) is 0 Å². The number of quaternary nitrogens is 2. The third-order valence-corrected chi connectivity index (χ3v) is 10.3. The highest BCUT2D eigenvalue weighted by molar-refractivity contribution is 6.12. The van der Waals surface area contributed by atoms with Crippen molar-refractivity contribution in [2.75, 3.05) is 0 Å². The van der Waals surface area contributed by atoms with Crippen molar-refractivity contribution in [2.24, 2.45) is 5.73 Å². The molecule has 0 saturated carbocycles. The molecule has 0 spiro atoms. The molecule has 0 radical (unpaired) electrons. The van der Waals surface area contributed by atoms with Gasteiger partial charge in [-0.2, -0.15) is 0 Å².